The number of rotatable bonds is 2. The van der Waals surface area contributed by atoms with Gasteiger partial charge in [0.1, 0.15) is 0 Å². The molecule has 2 N–H and O–H groups in total. The fourth-order valence-corrected chi connectivity index (χ4v) is 3.03. The topological polar surface area (TPSA) is 112 Å². The van der Waals surface area contributed by atoms with E-state index in [1.165, 1.54) is 0 Å². The molecular weight excluding hydrogens is 226 g/mol. The minimum Gasteiger partial charge on any atom is -0.481 e. The number of sulfone groups is 1. The van der Waals surface area contributed by atoms with Crippen LogP contribution >= 0.6 is 0 Å². The molecule has 0 spiro atoms. The maximum atomic E-state index is 11.4. The van der Waals surface area contributed by atoms with Gasteiger partial charge in [0.05, 0.1) is 17.4 Å². The summed E-state index contributed by atoms with van der Waals surface area (Å²) in [6.45, 7) is -0.349. The van der Waals surface area contributed by atoms with Gasteiger partial charge in [-0.25, -0.2) is 13.2 Å². The third-order valence-electron chi connectivity index (χ3n) is 2.25. The molecule has 0 bridgehead atoms. The Morgan fingerprint density at radius 3 is 2.40 bits per heavy atom. The highest BCUT2D eigenvalue weighted by Gasteiger charge is 2.36. The predicted octanol–water partition coefficient (Wildman–Crippen LogP) is -0.762. The average Bonchev–Trinajstić information content (AvgIpc) is 2.07. The Morgan fingerprint density at radius 1 is 1.33 bits per heavy atom. The third kappa shape index (κ3) is 2.82. The largest absolute Gasteiger partial charge is 0.481 e. The molecule has 15 heavy (non-hydrogen) atoms. The number of carboxylic acid groups (broad SMARTS) is 2. The van der Waals surface area contributed by atoms with Crippen molar-refractivity contribution in [2.24, 2.45) is 0 Å². The monoisotopic (exact) mass is 237 g/mol. The fraction of sp³-hybridized carbons (Fsp3) is 0.714. The van der Waals surface area contributed by atoms with Crippen molar-refractivity contribution in [3.8, 4) is 0 Å². The van der Waals surface area contributed by atoms with Crippen molar-refractivity contribution in [1.29, 1.82) is 0 Å². The molecule has 86 valence electrons. The molecule has 0 aromatic heterocycles. The lowest BCUT2D eigenvalue weighted by molar-refractivity contribution is -0.137. The average molecular weight is 237 g/mol. The van der Waals surface area contributed by atoms with Gasteiger partial charge in [-0.2, -0.15) is 0 Å². The lowest BCUT2D eigenvalue weighted by atomic mass is 10.3. The number of hydrogen-bond acceptors (Lipinski definition) is 4. The summed E-state index contributed by atoms with van der Waals surface area (Å²) in [5.41, 5.74) is 0. The van der Waals surface area contributed by atoms with E-state index in [0.717, 1.165) is 4.90 Å². The summed E-state index contributed by atoms with van der Waals surface area (Å²) in [5.74, 6) is -1.55. The first kappa shape index (κ1) is 11.8. The number of aliphatic carboxylic acids is 1. The van der Waals surface area contributed by atoms with Gasteiger partial charge in [0, 0.05) is 13.1 Å². The first-order valence-electron chi connectivity index (χ1n) is 4.24. The molecule has 1 amide bonds. The quantitative estimate of drug-likeness (QED) is 0.652. The molecule has 0 aromatic rings. The summed E-state index contributed by atoms with van der Waals surface area (Å²) in [7, 11) is -3.47. The van der Waals surface area contributed by atoms with E-state index in [1.54, 1.807) is 0 Å². The van der Waals surface area contributed by atoms with Crippen LogP contribution in [0.15, 0.2) is 0 Å². The van der Waals surface area contributed by atoms with Gasteiger partial charge in [-0.05, 0) is 0 Å². The standard InChI is InChI=1S/C7H11NO6S/c9-6(10)3-5-4-8(7(11)12)1-2-15(5,13)14/h5H,1-4H2,(H,9,10)(H,11,12). The number of nitrogens with zero attached hydrogens (tertiary/aromatic N) is 1. The molecule has 0 aliphatic carbocycles. The van der Waals surface area contributed by atoms with Crippen LogP contribution in [-0.4, -0.2) is 59.7 Å². The molecule has 8 heteroatoms. The molecule has 0 aromatic carbocycles. The number of hydrogen-bond donors (Lipinski definition) is 2. The van der Waals surface area contributed by atoms with Crippen LogP contribution in [-0.2, 0) is 14.6 Å². The maximum Gasteiger partial charge on any atom is 0.407 e. The first-order valence-corrected chi connectivity index (χ1v) is 5.95. The summed E-state index contributed by atoms with van der Waals surface area (Å²) in [6.07, 6.45) is -1.77. The van der Waals surface area contributed by atoms with Crippen molar-refractivity contribution < 1.29 is 28.2 Å². The van der Waals surface area contributed by atoms with Crippen LogP contribution in [0.1, 0.15) is 6.42 Å². The van der Waals surface area contributed by atoms with Gasteiger partial charge in [-0.1, -0.05) is 0 Å². The van der Waals surface area contributed by atoms with Crippen molar-refractivity contribution in [2.75, 3.05) is 18.8 Å². The second kappa shape index (κ2) is 4.05. The first-order chi connectivity index (χ1) is 6.83. The normalized spacial score (nSPS) is 24.8. The number of carboxylic acids is 1. The Morgan fingerprint density at radius 2 is 1.93 bits per heavy atom. The summed E-state index contributed by atoms with van der Waals surface area (Å²) in [6, 6.07) is 0. The third-order valence-corrected chi connectivity index (χ3v) is 4.33. The zero-order chi connectivity index (χ0) is 11.6. The molecule has 1 aliphatic rings. The Labute approximate surface area is 86.2 Å². The molecule has 7 nitrogen and oxygen atoms in total. The highest BCUT2D eigenvalue weighted by Crippen LogP contribution is 2.15. The lowest BCUT2D eigenvalue weighted by Gasteiger charge is -2.29. The zero-order valence-corrected chi connectivity index (χ0v) is 8.61. The van der Waals surface area contributed by atoms with Crippen molar-refractivity contribution in [2.45, 2.75) is 11.7 Å². The Kier molecular flexibility index (Phi) is 3.18. The van der Waals surface area contributed by atoms with Crippen LogP contribution in [0.4, 0.5) is 4.79 Å². The molecule has 1 aliphatic heterocycles. The highest BCUT2D eigenvalue weighted by molar-refractivity contribution is 7.92. The van der Waals surface area contributed by atoms with Gasteiger partial charge in [-0.15, -0.1) is 0 Å². The SMILES string of the molecule is O=C(O)CC1CN(C(=O)O)CCS1(=O)=O. The fourth-order valence-electron chi connectivity index (χ4n) is 1.41. The Balaban J connectivity index is 2.79. The van der Waals surface area contributed by atoms with Gasteiger partial charge in [0.15, 0.2) is 9.84 Å². The Bertz CT molecular complexity index is 375. The lowest BCUT2D eigenvalue weighted by Crippen LogP contribution is -2.49. The number of carbonyl (C=O) groups is 2. The van der Waals surface area contributed by atoms with Crippen LogP contribution in [0, 0.1) is 0 Å². The Hall–Kier alpha value is -1.31. The van der Waals surface area contributed by atoms with Crippen LogP contribution < -0.4 is 0 Å². The van der Waals surface area contributed by atoms with E-state index in [9.17, 15) is 18.0 Å². The maximum absolute atomic E-state index is 11.4. The summed E-state index contributed by atoms with van der Waals surface area (Å²) in [5, 5.41) is 16.0. The summed E-state index contributed by atoms with van der Waals surface area (Å²) >= 11 is 0. The van der Waals surface area contributed by atoms with Crippen molar-refractivity contribution >= 4 is 21.9 Å². The van der Waals surface area contributed by atoms with E-state index in [2.05, 4.69) is 0 Å². The van der Waals surface area contributed by atoms with Crippen molar-refractivity contribution in [3.05, 3.63) is 0 Å². The van der Waals surface area contributed by atoms with E-state index in [4.69, 9.17) is 10.2 Å². The van der Waals surface area contributed by atoms with Crippen LogP contribution in [0.25, 0.3) is 0 Å². The number of amides is 1. The van der Waals surface area contributed by atoms with Gasteiger partial charge in [-0.3, -0.25) is 4.79 Å². The smallest absolute Gasteiger partial charge is 0.407 e. The minimum absolute atomic E-state index is 0.0895. The summed E-state index contributed by atoms with van der Waals surface area (Å²) in [4.78, 5) is 21.9. The van der Waals surface area contributed by atoms with E-state index >= 15 is 0 Å². The van der Waals surface area contributed by atoms with Crippen LogP contribution in [0.3, 0.4) is 0 Å². The predicted molar refractivity (Wildman–Crippen MR) is 49.4 cm³/mol. The van der Waals surface area contributed by atoms with Crippen molar-refractivity contribution in [1.82, 2.24) is 4.90 Å². The van der Waals surface area contributed by atoms with E-state index in [-0.39, 0.29) is 18.8 Å². The molecule has 0 radical (unpaired) electrons. The highest BCUT2D eigenvalue weighted by atomic mass is 32.2. The second-order valence-electron chi connectivity index (χ2n) is 3.32. The molecule has 0 saturated carbocycles. The molecule has 1 saturated heterocycles. The molecule has 1 fully saturated rings. The van der Waals surface area contributed by atoms with E-state index in [0.29, 0.717) is 0 Å². The van der Waals surface area contributed by atoms with Crippen LogP contribution in [0.2, 0.25) is 0 Å². The molecule has 1 heterocycles. The zero-order valence-electron chi connectivity index (χ0n) is 7.79. The van der Waals surface area contributed by atoms with E-state index in [1.807, 2.05) is 0 Å². The van der Waals surface area contributed by atoms with Gasteiger partial charge < -0.3 is 15.1 Å². The van der Waals surface area contributed by atoms with Crippen LogP contribution in [0.5, 0.6) is 0 Å². The molecule has 1 rings (SSSR count). The van der Waals surface area contributed by atoms with Gasteiger partial charge in [0.2, 0.25) is 0 Å². The van der Waals surface area contributed by atoms with Crippen molar-refractivity contribution in [3.63, 3.8) is 0 Å². The van der Waals surface area contributed by atoms with Gasteiger partial charge >= 0.3 is 12.1 Å². The molecule has 1 unspecified atom stereocenters. The molecular formula is C7H11NO6S. The van der Waals surface area contributed by atoms with Gasteiger partial charge in [0.25, 0.3) is 0 Å². The second-order valence-corrected chi connectivity index (χ2v) is 5.72. The summed E-state index contributed by atoms with van der Waals surface area (Å²) < 4.78 is 22.8. The molecule has 1 atom stereocenters. The minimum atomic E-state index is -3.47. The van der Waals surface area contributed by atoms with E-state index < -0.39 is 33.6 Å².